The van der Waals surface area contributed by atoms with E-state index in [1.807, 2.05) is 26.0 Å². The lowest BCUT2D eigenvalue weighted by molar-refractivity contribution is 0.0843. The summed E-state index contributed by atoms with van der Waals surface area (Å²) in [6, 6.07) is 5.43. The van der Waals surface area contributed by atoms with Crippen molar-refractivity contribution in [3.05, 3.63) is 23.8 Å². The molecule has 0 saturated carbocycles. The van der Waals surface area contributed by atoms with Gasteiger partial charge in [0.25, 0.3) is 5.91 Å². The van der Waals surface area contributed by atoms with Crippen LogP contribution in [-0.4, -0.2) is 36.3 Å². The fourth-order valence-electron chi connectivity index (χ4n) is 1.93. The van der Waals surface area contributed by atoms with Gasteiger partial charge in [-0.1, -0.05) is 13.0 Å². The summed E-state index contributed by atoms with van der Waals surface area (Å²) in [5.41, 5.74) is 0.723. The van der Waals surface area contributed by atoms with Crippen LogP contribution in [-0.2, 0) is 0 Å². The molecule has 2 rings (SSSR count). The van der Waals surface area contributed by atoms with E-state index in [1.165, 1.54) is 0 Å². The number of fused-ring (bicyclic) bond motifs is 1. The molecular formula is C14H20N2O3. The minimum atomic E-state index is -0.609. The Morgan fingerprint density at radius 3 is 3.05 bits per heavy atom. The van der Waals surface area contributed by atoms with Crippen LogP contribution in [0.15, 0.2) is 18.2 Å². The topological polar surface area (TPSA) is 70.6 Å². The van der Waals surface area contributed by atoms with Gasteiger partial charge in [0.1, 0.15) is 6.61 Å². The molecule has 0 fully saturated rings. The summed E-state index contributed by atoms with van der Waals surface area (Å²) in [5, 5.41) is 15.4. The summed E-state index contributed by atoms with van der Waals surface area (Å²) in [4.78, 5) is 12.3. The van der Waals surface area contributed by atoms with Crippen molar-refractivity contribution >= 4 is 11.6 Å². The maximum Gasteiger partial charge on any atom is 0.255 e. The number of para-hydroxylation sites is 1. The monoisotopic (exact) mass is 264 g/mol. The highest BCUT2D eigenvalue weighted by Gasteiger charge is 2.26. The first-order chi connectivity index (χ1) is 9.09. The van der Waals surface area contributed by atoms with Crippen LogP contribution >= 0.6 is 0 Å². The highest BCUT2D eigenvalue weighted by Crippen LogP contribution is 2.31. The maximum atomic E-state index is 12.3. The van der Waals surface area contributed by atoms with E-state index in [1.54, 1.807) is 6.07 Å². The Morgan fingerprint density at radius 1 is 1.58 bits per heavy atom. The van der Waals surface area contributed by atoms with E-state index in [9.17, 15) is 9.90 Å². The minimum Gasteiger partial charge on any atom is -0.489 e. The first-order valence-electron chi connectivity index (χ1n) is 6.52. The third-order valence-corrected chi connectivity index (χ3v) is 3.47. The molecule has 0 bridgehead atoms. The van der Waals surface area contributed by atoms with Crippen molar-refractivity contribution < 1.29 is 14.6 Å². The van der Waals surface area contributed by atoms with Gasteiger partial charge in [-0.3, -0.25) is 4.79 Å². The van der Waals surface area contributed by atoms with Gasteiger partial charge in [0.15, 0.2) is 5.75 Å². The zero-order valence-electron chi connectivity index (χ0n) is 11.3. The third-order valence-electron chi connectivity index (χ3n) is 3.47. The Morgan fingerprint density at radius 2 is 2.37 bits per heavy atom. The molecule has 3 N–H and O–H groups in total. The van der Waals surface area contributed by atoms with E-state index < -0.39 is 5.54 Å². The normalized spacial score (nSPS) is 16.6. The number of ether oxygens (including phenoxy) is 1. The first-order valence-corrected chi connectivity index (χ1v) is 6.52. The van der Waals surface area contributed by atoms with Gasteiger partial charge in [-0.05, 0) is 25.5 Å². The molecule has 0 saturated heterocycles. The van der Waals surface area contributed by atoms with Crippen LogP contribution < -0.4 is 15.4 Å². The molecule has 1 amide bonds. The SMILES string of the molecule is CCC(C)(CO)NC(=O)c1cccc2c1OCCN2. The van der Waals surface area contributed by atoms with Gasteiger partial charge < -0.3 is 20.5 Å². The second-order valence-electron chi connectivity index (χ2n) is 4.98. The Bertz CT molecular complexity index is 470. The summed E-state index contributed by atoms with van der Waals surface area (Å²) in [5.74, 6) is 0.363. The molecule has 0 aromatic heterocycles. The van der Waals surface area contributed by atoms with Crippen molar-refractivity contribution in [2.24, 2.45) is 0 Å². The van der Waals surface area contributed by atoms with Crippen LogP contribution in [0.2, 0.25) is 0 Å². The van der Waals surface area contributed by atoms with Crippen molar-refractivity contribution in [1.82, 2.24) is 5.32 Å². The van der Waals surface area contributed by atoms with Gasteiger partial charge in [0.05, 0.1) is 23.4 Å². The average Bonchev–Trinajstić information content (AvgIpc) is 2.46. The molecule has 5 nitrogen and oxygen atoms in total. The number of benzene rings is 1. The summed E-state index contributed by atoms with van der Waals surface area (Å²) >= 11 is 0. The van der Waals surface area contributed by atoms with Crippen molar-refractivity contribution in [2.75, 3.05) is 25.1 Å². The second-order valence-corrected chi connectivity index (χ2v) is 4.98. The number of carbonyl (C=O) groups is 1. The second kappa shape index (κ2) is 5.48. The van der Waals surface area contributed by atoms with Crippen LogP contribution in [0.1, 0.15) is 30.6 Å². The van der Waals surface area contributed by atoms with Crippen LogP contribution in [0.4, 0.5) is 5.69 Å². The maximum absolute atomic E-state index is 12.3. The molecule has 1 aromatic carbocycles. The lowest BCUT2D eigenvalue weighted by Crippen LogP contribution is -2.48. The van der Waals surface area contributed by atoms with Crippen molar-refractivity contribution in [3.8, 4) is 5.75 Å². The molecule has 1 aromatic rings. The molecule has 1 aliphatic rings. The van der Waals surface area contributed by atoms with Crippen molar-refractivity contribution in [2.45, 2.75) is 25.8 Å². The zero-order valence-corrected chi connectivity index (χ0v) is 11.3. The smallest absolute Gasteiger partial charge is 0.255 e. The molecule has 5 heteroatoms. The summed E-state index contributed by atoms with van der Waals surface area (Å²) in [7, 11) is 0. The van der Waals surface area contributed by atoms with E-state index in [4.69, 9.17) is 4.74 Å². The molecule has 1 atom stereocenters. The van der Waals surface area contributed by atoms with Crippen LogP contribution in [0.3, 0.4) is 0 Å². The van der Waals surface area contributed by atoms with E-state index in [2.05, 4.69) is 10.6 Å². The molecule has 19 heavy (non-hydrogen) atoms. The predicted molar refractivity (Wildman–Crippen MR) is 73.7 cm³/mol. The fourth-order valence-corrected chi connectivity index (χ4v) is 1.93. The minimum absolute atomic E-state index is 0.0939. The first kappa shape index (κ1) is 13.7. The number of nitrogens with one attached hydrogen (secondary N) is 2. The van der Waals surface area contributed by atoms with Gasteiger partial charge in [-0.25, -0.2) is 0 Å². The van der Waals surface area contributed by atoms with E-state index in [0.29, 0.717) is 24.3 Å². The largest absolute Gasteiger partial charge is 0.489 e. The van der Waals surface area contributed by atoms with Crippen LogP contribution in [0, 0.1) is 0 Å². The number of aliphatic hydroxyl groups excluding tert-OH is 1. The fraction of sp³-hybridized carbons (Fsp3) is 0.500. The zero-order chi connectivity index (χ0) is 13.9. The lowest BCUT2D eigenvalue weighted by atomic mass is 9.99. The third kappa shape index (κ3) is 2.81. The Labute approximate surface area is 113 Å². The Balaban J connectivity index is 2.25. The number of carbonyl (C=O) groups excluding carboxylic acids is 1. The summed E-state index contributed by atoms with van der Waals surface area (Å²) in [6.45, 7) is 4.93. The number of hydrogen-bond donors (Lipinski definition) is 3. The molecule has 0 spiro atoms. The summed E-state index contributed by atoms with van der Waals surface area (Å²) < 4.78 is 5.57. The number of amides is 1. The Hall–Kier alpha value is -1.75. The predicted octanol–water partition coefficient (Wildman–Crippen LogP) is 1.38. The van der Waals surface area contributed by atoms with Gasteiger partial charge in [-0.2, -0.15) is 0 Å². The number of rotatable bonds is 4. The van der Waals surface area contributed by atoms with E-state index in [-0.39, 0.29) is 12.5 Å². The molecular weight excluding hydrogens is 244 g/mol. The molecule has 0 aliphatic carbocycles. The molecule has 0 radical (unpaired) electrons. The number of hydrogen-bond acceptors (Lipinski definition) is 4. The van der Waals surface area contributed by atoms with E-state index >= 15 is 0 Å². The van der Waals surface area contributed by atoms with Crippen LogP contribution in [0.25, 0.3) is 0 Å². The van der Waals surface area contributed by atoms with Gasteiger partial charge in [0, 0.05) is 6.54 Å². The Kier molecular flexibility index (Phi) is 3.95. The number of aliphatic hydroxyl groups is 1. The van der Waals surface area contributed by atoms with Crippen LogP contribution in [0.5, 0.6) is 5.75 Å². The van der Waals surface area contributed by atoms with Crippen molar-refractivity contribution in [3.63, 3.8) is 0 Å². The van der Waals surface area contributed by atoms with Crippen molar-refractivity contribution in [1.29, 1.82) is 0 Å². The number of anilines is 1. The van der Waals surface area contributed by atoms with E-state index in [0.717, 1.165) is 12.2 Å². The molecule has 1 aliphatic heterocycles. The quantitative estimate of drug-likeness (QED) is 0.768. The van der Waals surface area contributed by atoms with Gasteiger partial charge in [-0.15, -0.1) is 0 Å². The highest BCUT2D eigenvalue weighted by molar-refractivity contribution is 5.99. The molecule has 1 unspecified atom stereocenters. The van der Waals surface area contributed by atoms with Gasteiger partial charge in [0.2, 0.25) is 0 Å². The molecule has 1 heterocycles. The van der Waals surface area contributed by atoms with Gasteiger partial charge >= 0.3 is 0 Å². The highest BCUT2D eigenvalue weighted by atomic mass is 16.5. The lowest BCUT2D eigenvalue weighted by Gasteiger charge is -2.28. The average molecular weight is 264 g/mol. The molecule has 104 valence electrons. The standard InChI is InChI=1S/C14H20N2O3/c1-3-14(2,9-17)16-13(18)10-5-4-6-11-12(10)19-8-7-15-11/h4-6,15,17H,3,7-9H2,1-2H3,(H,16,18). The summed E-state index contributed by atoms with van der Waals surface area (Å²) in [6.07, 6.45) is 0.656.